The number of carbonyl (C=O) groups excluding carboxylic acids is 2. The van der Waals surface area contributed by atoms with Gasteiger partial charge < -0.3 is 19.7 Å². The molecule has 0 aliphatic carbocycles. The number of carbonyl (C=O) groups is 2. The first-order chi connectivity index (χ1) is 16.6. The summed E-state index contributed by atoms with van der Waals surface area (Å²) in [6.07, 6.45) is 2.65. The van der Waals surface area contributed by atoms with Crippen molar-refractivity contribution < 1.29 is 19.1 Å². The van der Waals surface area contributed by atoms with Crippen molar-refractivity contribution in [2.75, 3.05) is 26.2 Å². The minimum atomic E-state index is -0.426. The maximum absolute atomic E-state index is 13.3. The summed E-state index contributed by atoms with van der Waals surface area (Å²) in [5.74, 6) is 1.97. The molecule has 7 rings (SSSR count). The van der Waals surface area contributed by atoms with Crippen LogP contribution >= 0.6 is 0 Å². The van der Waals surface area contributed by atoms with E-state index in [9.17, 15) is 9.59 Å². The van der Waals surface area contributed by atoms with Crippen LogP contribution in [-0.2, 0) is 11.2 Å². The van der Waals surface area contributed by atoms with Crippen LogP contribution in [0.4, 0.5) is 0 Å². The highest BCUT2D eigenvalue weighted by Crippen LogP contribution is 2.52. The summed E-state index contributed by atoms with van der Waals surface area (Å²) in [4.78, 5) is 32.1. The SMILES string of the molecule is O=C1CCc2cccc(c2)Oc2cccc3c2OC[C@]2(CN1)CN(C(=O)c1ccccn1)C[C@H]32. The lowest BCUT2D eigenvalue weighted by atomic mass is 9.73. The van der Waals surface area contributed by atoms with E-state index in [0.29, 0.717) is 62.0 Å². The van der Waals surface area contributed by atoms with Crippen LogP contribution in [0.2, 0.25) is 0 Å². The monoisotopic (exact) mass is 455 g/mol. The van der Waals surface area contributed by atoms with Crippen LogP contribution in [0.25, 0.3) is 0 Å². The molecule has 4 aliphatic heterocycles. The summed E-state index contributed by atoms with van der Waals surface area (Å²) in [5.41, 5.74) is 2.04. The Morgan fingerprint density at radius 1 is 1.09 bits per heavy atom. The Balaban J connectivity index is 1.41. The number of nitrogens with zero attached hydrogens (tertiary/aromatic N) is 2. The lowest BCUT2D eigenvalue weighted by Gasteiger charge is -2.39. The van der Waals surface area contributed by atoms with E-state index in [4.69, 9.17) is 9.47 Å². The molecule has 0 radical (unpaired) electrons. The predicted molar refractivity (Wildman–Crippen MR) is 125 cm³/mol. The molecule has 4 aliphatic rings. The average Bonchev–Trinajstić information content (AvgIpc) is 3.27. The maximum atomic E-state index is 13.3. The summed E-state index contributed by atoms with van der Waals surface area (Å²) >= 11 is 0. The van der Waals surface area contributed by atoms with E-state index in [1.165, 1.54) is 0 Å². The molecule has 2 aromatic carbocycles. The Hall–Kier alpha value is -3.87. The lowest BCUT2D eigenvalue weighted by molar-refractivity contribution is -0.121. The van der Waals surface area contributed by atoms with E-state index in [1.54, 1.807) is 18.3 Å². The van der Waals surface area contributed by atoms with Gasteiger partial charge >= 0.3 is 0 Å². The van der Waals surface area contributed by atoms with Gasteiger partial charge in [-0.3, -0.25) is 14.6 Å². The highest BCUT2D eigenvalue weighted by molar-refractivity contribution is 5.92. The second-order valence-corrected chi connectivity index (χ2v) is 9.30. The Bertz CT molecular complexity index is 1260. The van der Waals surface area contributed by atoms with Crippen LogP contribution in [0.15, 0.2) is 66.9 Å². The zero-order valence-electron chi connectivity index (χ0n) is 18.7. The van der Waals surface area contributed by atoms with E-state index in [-0.39, 0.29) is 17.7 Å². The van der Waals surface area contributed by atoms with Crippen LogP contribution in [-0.4, -0.2) is 47.9 Å². The molecule has 2 atom stereocenters. The van der Waals surface area contributed by atoms with Crippen molar-refractivity contribution in [2.24, 2.45) is 5.41 Å². The number of fused-ring (bicyclic) bond motifs is 5. The smallest absolute Gasteiger partial charge is 0.272 e. The molecule has 3 aromatic rings. The van der Waals surface area contributed by atoms with Gasteiger partial charge in [0.1, 0.15) is 11.4 Å². The normalized spacial score (nSPS) is 23.2. The Morgan fingerprint density at radius 3 is 2.88 bits per heavy atom. The van der Waals surface area contributed by atoms with Crippen molar-refractivity contribution in [1.29, 1.82) is 0 Å². The number of pyridine rings is 1. The van der Waals surface area contributed by atoms with Gasteiger partial charge in [0.15, 0.2) is 11.5 Å². The number of rotatable bonds is 1. The zero-order valence-corrected chi connectivity index (χ0v) is 18.7. The van der Waals surface area contributed by atoms with Crippen LogP contribution in [0, 0.1) is 5.41 Å². The second kappa shape index (κ2) is 8.17. The third-order valence-corrected chi connectivity index (χ3v) is 7.11. The minimum absolute atomic E-state index is 0.00189. The summed E-state index contributed by atoms with van der Waals surface area (Å²) in [6.45, 7) is 1.84. The minimum Gasteiger partial charge on any atom is -0.489 e. The van der Waals surface area contributed by atoms with Crippen molar-refractivity contribution in [3.8, 4) is 17.2 Å². The van der Waals surface area contributed by atoms with Gasteiger partial charge in [-0.2, -0.15) is 0 Å². The van der Waals surface area contributed by atoms with E-state index < -0.39 is 5.41 Å². The summed E-state index contributed by atoms with van der Waals surface area (Å²) in [5, 5.41) is 3.14. The molecule has 6 bridgehead atoms. The molecule has 34 heavy (non-hydrogen) atoms. The molecular formula is C27H25N3O4. The second-order valence-electron chi connectivity index (χ2n) is 9.30. The quantitative estimate of drug-likeness (QED) is 0.607. The van der Waals surface area contributed by atoms with Crippen molar-refractivity contribution in [3.63, 3.8) is 0 Å². The van der Waals surface area contributed by atoms with Gasteiger partial charge in [0.2, 0.25) is 5.91 Å². The molecule has 0 saturated carbocycles. The van der Waals surface area contributed by atoms with Crippen molar-refractivity contribution >= 4 is 11.8 Å². The van der Waals surface area contributed by atoms with Crippen LogP contribution in [0.1, 0.15) is 34.0 Å². The fourth-order valence-corrected chi connectivity index (χ4v) is 5.35. The van der Waals surface area contributed by atoms with Gasteiger partial charge in [0, 0.05) is 49.1 Å². The van der Waals surface area contributed by atoms with Crippen LogP contribution < -0.4 is 14.8 Å². The van der Waals surface area contributed by atoms with Crippen molar-refractivity contribution in [1.82, 2.24) is 15.2 Å². The number of aryl methyl sites for hydroxylation is 1. The maximum Gasteiger partial charge on any atom is 0.272 e. The lowest BCUT2D eigenvalue weighted by Crippen LogP contribution is -2.48. The highest BCUT2D eigenvalue weighted by atomic mass is 16.5. The third kappa shape index (κ3) is 3.57. The van der Waals surface area contributed by atoms with Crippen molar-refractivity contribution in [2.45, 2.75) is 18.8 Å². The van der Waals surface area contributed by atoms with Gasteiger partial charge in [-0.05, 0) is 42.3 Å². The third-order valence-electron chi connectivity index (χ3n) is 7.11. The van der Waals surface area contributed by atoms with Gasteiger partial charge in [-0.1, -0.05) is 30.3 Å². The first-order valence-electron chi connectivity index (χ1n) is 11.6. The van der Waals surface area contributed by atoms with E-state index >= 15 is 0 Å². The fraction of sp³-hybridized carbons (Fsp3) is 0.296. The average molecular weight is 456 g/mol. The molecule has 5 heterocycles. The fourth-order valence-electron chi connectivity index (χ4n) is 5.35. The van der Waals surface area contributed by atoms with E-state index in [1.807, 2.05) is 53.4 Å². The zero-order chi connectivity index (χ0) is 23.1. The number of benzene rings is 2. The Morgan fingerprint density at radius 2 is 2.00 bits per heavy atom. The standard InChI is InChI=1S/C27H25N3O4/c31-24-11-10-18-5-3-6-19(13-18)34-23-9-4-7-20-21-14-30(26(32)22-8-1-2-12-28-22)16-27(21,15-29-24)17-33-25(20)23/h1-9,12-13,21H,10-11,14-17H2,(H,29,31)/t21-,27+/m1/s1. The van der Waals surface area contributed by atoms with E-state index in [2.05, 4.69) is 10.3 Å². The number of ether oxygens (including phenoxy) is 2. The van der Waals surface area contributed by atoms with Crippen LogP contribution in [0.3, 0.4) is 0 Å². The van der Waals surface area contributed by atoms with Gasteiger partial charge in [-0.25, -0.2) is 0 Å². The molecule has 172 valence electrons. The molecule has 1 aromatic heterocycles. The van der Waals surface area contributed by atoms with Crippen LogP contribution in [0.5, 0.6) is 17.2 Å². The summed E-state index contributed by atoms with van der Waals surface area (Å²) in [7, 11) is 0. The molecule has 7 heteroatoms. The molecule has 1 fully saturated rings. The molecule has 1 spiro atoms. The highest BCUT2D eigenvalue weighted by Gasteiger charge is 2.53. The number of aromatic nitrogens is 1. The first kappa shape index (κ1) is 20.7. The number of nitrogens with one attached hydrogen (secondary N) is 1. The molecule has 2 amide bonds. The Labute approximate surface area is 197 Å². The number of hydrogen-bond donors (Lipinski definition) is 1. The number of likely N-dealkylation sites (tertiary alicyclic amines) is 1. The first-order valence-corrected chi connectivity index (χ1v) is 11.6. The molecule has 7 nitrogen and oxygen atoms in total. The molecule has 1 saturated heterocycles. The summed E-state index contributed by atoms with van der Waals surface area (Å²) < 4.78 is 12.6. The molecule has 0 unspecified atom stereocenters. The van der Waals surface area contributed by atoms with E-state index in [0.717, 1.165) is 11.1 Å². The largest absolute Gasteiger partial charge is 0.489 e. The number of para-hydroxylation sites is 1. The van der Waals surface area contributed by atoms with Crippen molar-refractivity contribution in [3.05, 3.63) is 83.7 Å². The number of hydrogen-bond acceptors (Lipinski definition) is 5. The number of amides is 2. The van der Waals surface area contributed by atoms with Gasteiger partial charge in [0.25, 0.3) is 5.91 Å². The summed E-state index contributed by atoms with van der Waals surface area (Å²) in [6, 6.07) is 19.1. The Kier molecular flexibility index (Phi) is 4.98. The van der Waals surface area contributed by atoms with Gasteiger partial charge in [0.05, 0.1) is 6.61 Å². The van der Waals surface area contributed by atoms with Gasteiger partial charge in [-0.15, -0.1) is 0 Å². The predicted octanol–water partition coefficient (Wildman–Crippen LogP) is 3.55. The topological polar surface area (TPSA) is 80.8 Å². The molecular weight excluding hydrogens is 430 g/mol. The molecule has 1 N–H and O–H groups in total.